The van der Waals surface area contributed by atoms with E-state index in [4.69, 9.17) is 4.91 Å². The number of nitroso groups, excluding NO2 is 1. The highest BCUT2D eigenvalue weighted by Gasteiger charge is 1.47. The molecule has 0 radical (unpaired) electrons. The highest BCUT2D eigenvalue weighted by Crippen LogP contribution is 1.57. The summed E-state index contributed by atoms with van der Waals surface area (Å²) < 4.78 is 0. The third-order valence-electron chi connectivity index (χ3n) is 0.163. The Morgan fingerprint density at radius 1 is 1.80 bits per heavy atom. The molecule has 28 valence electrons. The molecule has 0 aliphatic carbocycles. The van der Waals surface area contributed by atoms with Crippen LogP contribution in [0.2, 0.25) is 0 Å². The molecule has 0 aliphatic heterocycles. The van der Waals surface area contributed by atoms with E-state index in [2.05, 4.69) is 10.4 Å². The number of hydrogen-bond donors (Lipinski definition) is 0. The summed E-state index contributed by atoms with van der Waals surface area (Å²) in [7, 11) is 0. The summed E-state index contributed by atoms with van der Waals surface area (Å²) in [6, 6.07) is 0. The standard InChI is InChI=1S/C2H4N2O/c1-2-3-4-5/h2H,1H3. The smallest absolute Gasteiger partial charge is 0.0794 e. The Hall–Kier alpha value is -0.730. The Morgan fingerprint density at radius 2 is 2.40 bits per heavy atom. The van der Waals surface area contributed by atoms with Crippen LogP contribution in [0.25, 0.3) is 0 Å². The molecule has 0 aromatic rings. The lowest BCUT2D eigenvalue weighted by molar-refractivity contribution is 1.23. The molecule has 3 nitrogen and oxygen atoms in total. The normalized spacial score (nSPS) is 9.00. The Kier molecular flexibility index (Phi) is 2.79. The van der Waals surface area contributed by atoms with E-state index >= 15 is 0 Å². The monoisotopic (exact) mass is 72.0 g/mol. The summed E-state index contributed by atoms with van der Waals surface area (Å²) in [6.45, 7) is 1.63. The van der Waals surface area contributed by atoms with Gasteiger partial charge in [-0.2, -0.15) is 0 Å². The van der Waals surface area contributed by atoms with Crippen molar-refractivity contribution in [2.24, 2.45) is 10.4 Å². The molecule has 0 fully saturated rings. The molecule has 0 unspecified atom stereocenters. The Labute approximate surface area is 29.7 Å². The third-order valence-corrected chi connectivity index (χ3v) is 0.163. The van der Waals surface area contributed by atoms with Gasteiger partial charge in [-0.3, -0.25) is 0 Å². The summed E-state index contributed by atoms with van der Waals surface area (Å²) in [5.74, 6) is 0. The second-order valence-corrected chi connectivity index (χ2v) is 0.455. The number of rotatable bonds is 1. The molecule has 0 saturated carbocycles. The molecule has 0 bridgehead atoms. The van der Waals surface area contributed by atoms with Crippen molar-refractivity contribution in [3.63, 3.8) is 0 Å². The van der Waals surface area contributed by atoms with Gasteiger partial charge in [-0.25, -0.2) is 0 Å². The molecule has 3 heteroatoms. The predicted octanol–water partition coefficient (Wildman–Crippen LogP) is 0.759. The molecule has 0 aromatic heterocycles. The topological polar surface area (TPSA) is 41.8 Å². The maximum Gasteiger partial charge on any atom is 0.0794 e. The van der Waals surface area contributed by atoms with Gasteiger partial charge >= 0.3 is 0 Å². The van der Waals surface area contributed by atoms with Crippen LogP contribution >= 0.6 is 0 Å². The SMILES string of the molecule is CC=NN=O. The second kappa shape index (κ2) is 3.27. The van der Waals surface area contributed by atoms with Gasteiger partial charge in [0.2, 0.25) is 0 Å². The predicted molar refractivity (Wildman–Crippen MR) is 20.0 cm³/mol. The lowest BCUT2D eigenvalue weighted by Crippen LogP contribution is -1.46. The average Bonchev–Trinajstić information content (AvgIpc) is 1.41. The first-order chi connectivity index (χ1) is 2.41. The molecule has 0 heterocycles. The summed E-state index contributed by atoms with van der Waals surface area (Å²) in [6.07, 6.45) is 1.33. The van der Waals surface area contributed by atoms with Crippen LogP contribution in [0.15, 0.2) is 10.4 Å². The van der Waals surface area contributed by atoms with Gasteiger partial charge in [0.15, 0.2) is 0 Å². The summed E-state index contributed by atoms with van der Waals surface area (Å²) >= 11 is 0. The third kappa shape index (κ3) is 3.27. The van der Waals surface area contributed by atoms with Gasteiger partial charge in [-0.05, 0) is 6.92 Å². The van der Waals surface area contributed by atoms with Crippen molar-refractivity contribution in [3.8, 4) is 0 Å². The van der Waals surface area contributed by atoms with Crippen molar-refractivity contribution < 1.29 is 0 Å². The largest absolute Gasteiger partial charge is 0.124 e. The van der Waals surface area contributed by atoms with Gasteiger partial charge in [-0.1, -0.05) is 0 Å². The van der Waals surface area contributed by atoms with Crippen LogP contribution in [-0.2, 0) is 0 Å². The lowest BCUT2D eigenvalue weighted by Gasteiger charge is -1.51. The number of nitrogens with zero attached hydrogens (tertiary/aromatic N) is 2. The molecular weight excluding hydrogens is 68.0 g/mol. The van der Waals surface area contributed by atoms with Crippen molar-refractivity contribution in [1.82, 2.24) is 0 Å². The fourth-order valence-corrected chi connectivity index (χ4v) is 0.0471. The summed E-state index contributed by atoms with van der Waals surface area (Å²) in [4.78, 5) is 8.96. The zero-order valence-electron chi connectivity index (χ0n) is 2.88. The van der Waals surface area contributed by atoms with E-state index in [1.165, 1.54) is 6.21 Å². The fraction of sp³-hybridized carbons (Fsp3) is 0.500. The molecule has 0 N–H and O–H groups in total. The molecule has 0 spiro atoms. The van der Waals surface area contributed by atoms with Crippen molar-refractivity contribution in [3.05, 3.63) is 4.91 Å². The van der Waals surface area contributed by atoms with E-state index in [1.54, 1.807) is 6.92 Å². The van der Waals surface area contributed by atoms with Crippen LogP contribution in [0.1, 0.15) is 6.92 Å². The minimum absolute atomic E-state index is 1.33. The minimum atomic E-state index is 1.33. The average molecular weight is 72.1 g/mol. The molecule has 0 rings (SSSR count). The van der Waals surface area contributed by atoms with E-state index in [0.717, 1.165) is 0 Å². The van der Waals surface area contributed by atoms with Gasteiger partial charge in [0, 0.05) is 6.21 Å². The van der Waals surface area contributed by atoms with Crippen molar-refractivity contribution in [1.29, 1.82) is 0 Å². The maximum atomic E-state index is 8.96. The zero-order valence-corrected chi connectivity index (χ0v) is 2.88. The number of hydrogen-bond acceptors (Lipinski definition) is 2. The van der Waals surface area contributed by atoms with Gasteiger partial charge in [0.25, 0.3) is 0 Å². The summed E-state index contributed by atoms with van der Waals surface area (Å²) in [5, 5.41) is 5.09. The van der Waals surface area contributed by atoms with Crippen LogP contribution in [0.3, 0.4) is 0 Å². The van der Waals surface area contributed by atoms with Crippen LogP contribution in [-0.4, -0.2) is 6.21 Å². The fourth-order valence-electron chi connectivity index (χ4n) is 0.0471. The Morgan fingerprint density at radius 3 is 2.40 bits per heavy atom. The molecule has 0 aromatic carbocycles. The van der Waals surface area contributed by atoms with Gasteiger partial charge < -0.3 is 0 Å². The zero-order chi connectivity index (χ0) is 4.12. The van der Waals surface area contributed by atoms with Crippen molar-refractivity contribution in [2.75, 3.05) is 0 Å². The first-order valence-corrected chi connectivity index (χ1v) is 1.22. The minimum Gasteiger partial charge on any atom is -0.124 e. The first kappa shape index (κ1) is 4.27. The first-order valence-electron chi connectivity index (χ1n) is 1.22. The molecular formula is C2H4N2O. The Bertz CT molecular complexity index is 49.6. The second-order valence-electron chi connectivity index (χ2n) is 0.455. The highest BCUT2D eigenvalue weighted by atomic mass is 16.3. The van der Waals surface area contributed by atoms with E-state index in [0.29, 0.717) is 0 Å². The lowest BCUT2D eigenvalue weighted by atomic mass is 10.9. The highest BCUT2D eigenvalue weighted by molar-refractivity contribution is 5.52. The van der Waals surface area contributed by atoms with Gasteiger partial charge in [0.05, 0.1) is 5.29 Å². The van der Waals surface area contributed by atoms with Gasteiger partial charge in [0.1, 0.15) is 0 Å². The molecule has 0 saturated heterocycles. The maximum absolute atomic E-state index is 8.96. The van der Waals surface area contributed by atoms with Crippen LogP contribution in [0, 0.1) is 4.91 Å². The van der Waals surface area contributed by atoms with Crippen LogP contribution in [0.5, 0.6) is 0 Å². The molecule has 0 atom stereocenters. The molecule has 5 heavy (non-hydrogen) atoms. The van der Waals surface area contributed by atoms with E-state index < -0.39 is 0 Å². The van der Waals surface area contributed by atoms with E-state index in [9.17, 15) is 0 Å². The Balaban J connectivity index is 2.92. The quantitative estimate of drug-likeness (QED) is 0.256. The van der Waals surface area contributed by atoms with Crippen LogP contribution < -0.4 is 0 Å². The molecule has 0 amide bonds. The van der Waals surface area contributed by atoms with Gasteiger partial charge in [-0.15, -0.1) is 10.0 Å². The van der Waals surface area contributed by atoms with E-state index in [1.807, 2.05) is 0 Å². The van der Waals surface area contributed by atoms with Crippen molar-refractivity contribution >= 4 is 6.21 Å². The summed E-state index contributed by atoms with van der Waals surface area (Å²) in [5.41, 5.74) is 0. The molecule has 0 aliphatic rings. The van der Waals surface area contributed by atoms with Crippen molar-refractivity contribution in [2.45, 2.75) is 6.92 Å². The van der Waals surface area contributed by atoms with E-state index in [-0.39, 0.29) is 0 Å². The van der Waals surface area contributed by atoms with Crippen LogP contribution in [0.4, 0.5) is 0 Å².